The van der Waals surface area contributed by atoms with Crippen molar-refractivity contribution < 1.29 is 22.8 Å². The van der Waals surface area contributed by atoms with E-state index in [2.05, 4.69) is 5.32 Å². The standard InChI is InChI=1S/C13H16F3N3O2.ClH/c14-13(15,16)8-18-12(21)9-3-5-10(6-4-9)19-11(20)2-1-7-17;/h3-6H,1-2,7-8,17H2,(H,18,21)(H,19,20);1H. The smallest absolute Gasteiger partial charge is 0.343 e. The van der Waals surface area contributed by atoms with Gasteiger partial charge in [-0.05, 0) is 37.2 Å². The van der Waals surface area contributed by atoms with Gasteiger partial charge in [-0.25, -0.2) is 0 Å². The molecule has 0 unspecified atom stereocenters. The molecule has 0 aliphatic carbocycles. The monoisotopic (exact) mass is 339 g/mol. The lowest BCUT2D eigenvalue weighted by atomic mass is 10.2. The number of rotatable bonds is 6. The van der Waals surface area contributed by atoms with E-state index in [1.54, 1.807) is 5.32 Å². The molecule has 22 heavy (non-hydrogen) atoms. The number of nitrogens with two attached hydrogens (primary N) is 1. The van der Waals surface area contributed by atoms with E-state index in [1.807, 2.05) is 0 Å². The number of carbonyl (C=O) groups excluding carboxylic acids is 2. The SMILES string of the molecule is Cl.NCCCC(=O)Nc1ccc(C(=O)NCC(F)(F)F)cc1. The maximum atomic E-state index is 12.0. The first-order chi connectivity index (χ1) is 9.81. The Balaban J connectivity index is 0.00000441. The minimum absolute atomic E-state index is 0. The number of amides is 2. The van der Waals surface area contributed by atoms with Gasteiger partial charge < -0.3 is 16.4 Å². The predicted molar refractivity (Wildman–Crippen MR) is 79.0 cm³/mol. The van der Waals surface area contributed by atoms with Crippen molar-refractivity contribution in [2.24, 2.45) is 5.73 Å². The summed E-state index contributed by atoms with van der Waals surface area (Å²) < 4.78 is 35.9. The molecule has 0 saturated carbocycles. The Bertz CT molecular complexity index is 492. The number of anilines is 1. The Morgan fingerprint density at radius 1 is 1.14 bits per heavy atom. The molecule has 1 rings (SSSR count). The van der Waals surface area contributed by atoms with Crippen LogP contribution in [-0.2, 0) is 4.79 Å². The molecule has 0 saturated heterocycles. The van der Waals surface area contributed by atoms with Gasteiger partial charge in [-0.2, -0.15) is 13.2 Å². The normalized spacial score (nSPS) is 10.5. The van der Waals surface area contributed by atoms with Crippen molar-refractivity contribution >= 4 is 29.9 Å². The number of hydrogen-bond acceptors (Lipinski definition) is 3. The van der Waals surface area contributed by atoms with Crippen molar-refractivity contribution in [3.63, 3.8) is 0 Å². The number of carbonyl (C=O) groups is 2. The average Bonchev–Trinajstić information content (AvgIpc) is 2.42. The van der Waals surface area contributed by atoms with E-state index in [-0.39, 0.29) is 30.3 Å². The molecule has 0 bridgehead atoms. The second kappa shape index (κ2) is 9.26. The highest BCUT2D eigenvalue weighted by Crippen LogP contribution is 2.14. The summed E-state index contributed by atoms with van der Waals surface area (Å²) in [4.78, 5) is 22.9. The maximum absolute atomic E-state index is 12.0. The van der Waals surface area contributed by atoms with Crippen LogP contribution in [0.5, 0.6) is 0 Å². The van der Waals surface area contributed by atoms with Crippen LogP contribution in [0.2, 0.25) is 0 Å². The minimum Gasteiger partial charge on any atom is -0.343 e. The summed E-state index contributed by atoms with van der Waals surface area (Å²) in [5, 5.41) is 4.35. The van der Waals surface area contributed by atoms with E-state index >= 15 is 0 Å². The van der Waals surface area contributed by atoms with Crippen LogP contribution in [0.15, 0.2) is 24.3 Å². The van der Waals surface area contributed by atoms with Gasteiger partial charge in [-0.1, -0.05) is 0 Å². The highest BCUT2D eigenvalue weighted by atomic mass is 35.5. The fourth-order valence-corrected chi connectivity index (χ4v) is 1.47. The molecule has 0 spiro atoms. The fraction of sp³-hybridized carbons (Fsp3) is 0.385. The van der Waals surface area contributed by atoms with E-state index in [9.17, 15) is 22.8 Å². The Morgan fingerprint density at radius 2 is 1.73 bits per heavy atom. The molecule has 0 aliphatic heterocycles. The lowest BCUT2D eigenvalue weighted by Crippen LogP contribution is -2.33. The Kier molecular flexibility index (Phi) is 8.51. The van der Waals surface area contributed by atoms with Gasteiger partial charge >= 0.3 is 6.18 Å². The molecule has 1 aromatic rings. The third kappa shape index (κ3) is 7.84. The quantitative estimate of drug-likeness (QED) is 0.742. The van der Waals surface area contributed by atoms with Crippen molar-refractivity contribution in [2.75, 3.05) is 18.4 Å². The zero-order valence-electron chi connectivity index (χ0n) is 11.6. The summed E-state index contributed by atoms with van der Waals surface area (Å²) >= 11 is 0. The second-order valence-corrected chi connectivity index (χ2v) is 4.32. The van der Waals surface area contributed by atoms with Crippen LogP contribution in [0.1, 0.15) is 23.2 Å². The minimum atomic E-state index is -4.45. The van der Waals surface area contributed by atoms with Crippen molar-refractivity contribution in [3.05, 3.63) is 29.8 Å². The molecule has 0 aromatic heterocycles. The largest absolute Gasteiger partial charge is 0.405 e. The summed E-state index contributed by atoms with van der Waals surface area (Å²) in [6.07, 6.45) is -3.61. The van der Waals surface area contributed by atoms with E-state index in [0.717, 1.165) is 0 Å². The Morgan fingerprint density at radius 3 is 2.23 bits per heavy atom. The Hall–Kier alpha value is -1.80. The molecule has 9 heteroatoms. The van der Waals surface area contributed by atoms with Gasteiger partial charge in [0.2, 0.25) is 5.91 Å². The molecule has 0 fully saturated rings. The predicted octanol–water partition coefficient (Wildman–Crippen LogP) is 2.08. The van der Waals surface area contributed by atoms with Gasteiger partial charge in [-0.3, -0.25) is 9.59 Å². The molecular formula is C13H17ClF3N3O2. The molecule has 4 N–H and O–H groups in total. The summed E-state index contributed by atoms with van der Waals surface area (Å²) in [5.41, 5.74) is 5.82. The molecule has 0 atom stereocenters. The summed E-state index contributed by atoms with van der Waals surface area (Å²) in [5.74, 6) is -1.04. The van der Waals surface area contributed by atoms with Gasteiger partial charge in [0.05, 0.1) is 0 Å². The van der Waals surface area contributed by atoms with Crippen LogP contribution in [0.3, 0.4) is 0 Å². The van der Waals surface area contributed by atoms with Gasteiger partial charge in [0, 0.05) is 17.7 Å². The van der Waals surface area contributed by atoms with Crippen LogP contribution in [0.4, 0.5) is 18.9 Å². The van der Waals surface area contributed by atoms with Crippen molar-refractivity contribution in [3.8, 4) is 0 Å². The lowest BCUT2D eigenvalue weighted by Gasteiger charge is -2.09. The topological polar surface area (TPSA) is 84.2 Å². The van der Waals surface area contributed by atoms with Gasteiger partial charge in [0.15, 0.2) is 0 Å². The summed E-state index contributed by atoms with van der Waals surface area (Å²) in [6.45, 7) is -0.977. The zero-order chi connectivity index (χ0) is 15.9. The van der Waals surface area contributed by atoms with Crippen LogP contribution in [0.25, 0.3) is 0 Å². The summed E-state index contributed by atoms with van der Waals surface area (Å²) in [7, 11) is 0. The number of benzene rings is 1. The number of alkyl halides is 3. The van der Waals surface area contributed by atoms with Crippen molar-refractivity contribution in [1.82, 2.24) is 5.32 Å². The van der Waals surface area contributed by atoms with E-state index in [1.165, 1.54) is 24.3 Å². The van der Waals surface area contributed by atoms with E-state index < -0.39 is 18.6 Å². The molecule has 0 aliphatic rings. The highest BCUT2D eigenvalue weighted by molar-refractivity contribution is 5.95. The first-order valence-electron chi connectivity index (χ1n) is 6.27. The van der Waals surface area contributed by atoms with Crippen molar-refractivity contribution in [2.45, 2.75) is 19.0 Å². The van der Waals surface area contributed by atoms with Crippen LogP contribution in [0, 0.1) is 0 Å². The molecule has 2 amide bonds. The third-order valence-electron chi connectivity index (χ3n) is 2.49. The molecule has 0 heterocycles. The first-order valence-corrected chi connectivity index (χ1v) is 6.27. The third-order valence-corrected chi connectivity index (χ3v) is 2.49. The maximum Gasteiger partial charge on any atom is 0.405 e. The highest BCUT2D eigenvalue weighted by Gasteiger charge is 2.27. The zero-order valence-corrected chi connectivity index (χ0v) is 12.4. The molecule has 5 nitrogen and oxygen atoms in total. The molecule has 0 radical (unpaired) electrons. The van der Waals surface area contributed by atoms with Gasteiger partial charge in [0.25, 0.3) is 5.91 Å². The number of hydrogen-bond donors (Lipinski definition) is 3. The molecular weight excluding hydrogens is 323 g/mol. The van der Waals surface area contributed by atoms with Crippen LogP contribution >= 0.6 is 12.4 Å². The van der Waals surface area contributed by atoms with Crippen LogP contribution in [-0.4, -0.2) is 31.1 Å². The number of halogens is 4. The second-order valence-electron chi connectivity index (χ2n) is 4.32. The Labute approximate surface area is 131 Å². The number of nitrogens with one attached hydrogen (secondary N) is 2. The first kappa shape index (κ1) is 20.2. The van der Waals surface area contributed by atoms with Gasteiger partial charge in [0.1, 0.15) is 6.54 Å². The molecule has 1 aromatic carbocycles. The van der Waals surface area contributed by atoms with E-state index in [4.69, 9.17) is 5.73 Å². The fourth-order valence-electron chi connectivity index (χ4n) is 1.47. The molecule has 124 valence electrons. The van der Waals surface area contributed by atoms with Gasteiger partial charge in [-0.15, -0.1) is 12.4 Å². The van der Waals surface area contributed by atoms with E-state index in [0.29, 0.717) is 18.7 Å². The van der Waals surface area contributed by atoms with Crippen LogP contribution < -0.4 is 16.4 Å². The lowest BCUT2D eigenvalue weighted by molar-refractivity contribution is -0.123. The van der Waals surface area contributed by atoms with Crippen molar-refractivity contribution in [1.29, 1.82) is 0 Å². The average molecular weight is 340 g/mol. The summed E-state index contributed by atoms with van der Waals surface area (Å²) in [6, 6.07) is 5.57.